The first-order valence-corrected chi connectivity index (χ1v) is 13.3. The Balaban J connectivity index is 1.97. The van der Waals surface area contributed by atoms with Gasteiger partial charge in [-0.15, -0.1) is 0 Å². The number of carbonyl (C=O) groups excluding carboxylic acids is 3. The Morgan fingerprint density at radius 1 is 0.951 bits per heavy atom. The number of nitrogen functional groups attached to an aromatic ring is 1. The summed E-state index contributed by atoms with van der Waals surface area (Å²) in [6, 6.07) is 18.9. The van der Waals surface area contributed by atoms with Gasteiger partial charge in [-0.05, 0) is 79.8 Å². The molecule has 0 bridgehead atoms. The molecular formula is C32H38N4O5. The maximum absolute atomic E-state index is 13.3. The number of hydrogen-bond acceptors (Lipinski definition) is 6. The van der Waals surface area contributed by atoms with E-state index in [9.17, 15) is 14.4 Å². The lowest BCUT2D eigenvalue weighted by Crippen LogP contribution is -2.38. The molecule has 0 spiro atoms. The number of rotatable bonds is 9. The average molecular weight is 559 g/mol. The minimum Gasteiger partial charge on any atom is -0.465 e. The van der Waals surface area contributed by atoms with E-state index in [-0.39, 0.29) is 29.8 Å². The molecule has 0 atom stereocenters. The normalized spacial score (nSPS) is 11.1. The van der Waals surface area contributed by atoms with Crippen molar-refractivity contribution in [2.75, 3.05) is 19.0 Å². The minimum atomic E-state index is -0.646. The van der Waals surface area contributed by atoms with Crippen LogP contribution in [0.1, 0.15) is 66.5 Å². The number of carbonyl (C=O) groups is 3. The standard InChI is InChI=1S/C32H38N4O5/c1-20(2)18-36(31(39)41-32(3,4)5)19-21-11-16-25(27(17-21)30(38)40-6)24-9-7-8-10-26(24)29(37)35-23-14-12-22(13-15-23)28(33)34/h7-17,20H,18-19H2,1-6H3,(H3,33,34)(H,35,37). The first-order valence-electron chi connectivity index (χ1n) is 13.3. The number of anilines is 1. The summed E-state index contributed by atoms with van der Waals surface area (Å²) < 4.78 is 10.7. The molecule has 0 saturated heterocycles. The predicted molar refractivity (Wildman–Crippen MR) is 160 cm³/mol. The van der Waals surface area contributed by atoms with E-state index in [0.717, 1.165) is 0 Å². The second-order valence-electron chi connectivity index (χ2n) is 11.1. The Morgan fingerprint density at radius 3 is 2.17 bits per heavy atom. The van der Waals surface area contributed by atoms with Crippen LogP contribution in [0.25, 0.3) is 11.1 Å². The summed E-state index contributed by atoms with van der Waals surface area (Å²) in [5.74, 6) is -0.801. The monoisotopic (exact) mass is 558 g/mol. The van der Waals surface area contributed by atoms with Crippen molar-refractivity contribution in [1.82, 2.24) is 4.90 Å². The molecule has 0 aliphatic carbocycles. The Bertz CT molecular complexity index is 1420. The predicted octanol–water partition coefficient (Wildman–Crippen LogP) is 6.07. The van der Waals surface area contributed by atoms with E-state index in [4.69, 9.17) is 20.6 Å². The van der Waals surface area contributed by atoms with Gasteiger partial charge in [0.15, 0.2) is 0 Å². The molecule has 9 nitrogen and oxygen atoms in total. The van der Waals surface area contributed by atoms with Crippen molar-refractivity contribution in [1.29, 1.82) is 5.41 Å². The molecule has 3 aromatic carbocycles. The summed E-state index contributed by atoms with van der Waals surface area (Å²) in [6.45, 7) is 10.2. The van der Waals surface area contributed by atoms with Crippen LogP contribution >= 0.6 is 0 Å². The molecule has 0 aromatic heterocycles. The summed E-state index contributed by atoms with van der Waals surface area (Å²) in [5, 5.41) is 10.4. The number of amidine groups is 1. The van der Waals surface area contributed by atoms with Gasteiger partial charge in [0.05, 0.1) is 12.7 Å². The molecule has 0 aliphatic heterocycles. The van der Waals surface area contributed by atoms with Crippen molar-refractivity contribution in [2.24, 2.45) is 11.7 Å². The molecule has 4 N–H and O–H groups in total. The number of benzene rings is 3. The first kappa shape index (κ1) is 30.9. The van der Waals surface area contributed by atoms with Gasteiger partial charge in [-0.25, -0.2) is 9.59 Å². The Kier molecular flexibility index (Phi) is 9.89. The molecule has 2 amide bonds. The molecule has 9 heteroatoms. The van der Waals surface area contributed by atoms with Crippen LogP contribution in [0.2, 0.25) is 0 Å². The number of ether oxygens (including phenoxy) is 2. The van der Waals surface area contributed by atoms with Gasteiger partial charge in [-0.1, -0.05) is 44.2 Å². The Hall–Kier alpha value is -4.66. The second-order valence-corrected chi connectivity index (χ2v) is 11.1. The number of methoxy groups -OCH3 is 1. The van der Waals surface area contributed by atoms with Crippen LogP contribution in [0.3, 0.4) is 0 Å². The largest absolute Gasteiger partial charge is 0.465 e. The molecule has 0 aliphatic rings. The zero-order chi connectivity index (χ0) is 30.3. The van der Waals surface area contributed by atoms with Crippen LogP contribution < -0.4 is 11.1 Å². The van der Waals surface area contributed by atoms with Gasteiger partial charge in [0, 0.05) is 29.9 Å². The molecule has 216 valence electrons. The lowest BCUT2D eigenvalue weighted by Gasteiger charge is -2.29. The zero-order valence-corrected chi connectivity index (χ0v) is 24.4. The SMILES string of the molecule is COC(=O)c1cc(CN(CC(C)C)C(=O)OC(C)(C)C)ccc1-c1ccccc1C(=O)Nc1ccc(C(=N)N)cc1. The summed E-state index contributed by atoms with van der Waals surface area (Å²) >= 11 is 0. The molecule has 3 aromatic rings. The highest BCUT2D eigenvalue weighted by Gasteiger charge is 2.25. The summed E-state index contributed by atoms with van der Waals surface area (Å²) in [4.78, 5) is 40.8. The second kappa shape index (κ2) is 13.1. The van der Waals surface area contributed by atoms with E-state index < -0.39 is 17.7 Å². The highest BCUT2D eigenvalue weighted by atomic mass is 16.6. The van der Waals surface area contributed by atoms with Crippen LogP contribution in [0, 0.1) is 11.3 Å². The molecule has 3 rings (SSSR count). The van der Waals surface area contributed by atoms with Gasteiger partial charge < -0.3 is 25.4 Å². The fourth-order valence-corrected chi connectivity index (χ4v) is 4.24. The highest BCUT2D eigenvalue weighted by molar-refractivity contribution is 6.10. The third-order valence-electron chi connectivity index (χ3n) is 6.02. The Morgan fingerprint density at radius 2 is 1.59 bits per heavy atom. The number of nitrogens with one attached hydrogen (secondary N) is 2. The van der Waals surface area contributed by atoms with Crippen molar-refractivity contribution in [3.05, 3.63) is 89.0 Å². The number of amides is 2. The first-order chi connectivity index (χ1) is 19.3. The lowest BCUT2D eigenvalue weighted by atomic mass is 9.93. The van der Waals surface area contributed by atoms with E-state index >= 15 is 0 Å². The van der Waals surface area contributed by atoms with Gasteiger partial charge in [0.1, 0.15) is 11.4 Å². The van der Waals surface area contributed by atoms with E-state index in [1.807, 2.05) is 40.7 Å². The van der Waals surface area contributed by atoms with Gasteiger partial charge in [-0.2, -0.15) is 0 Å². The molecule has 0 saturated carbocycles. The molecule has 0 radical (unpaired) electrons. The van der Waals surface area contributed by atoms with E-state index in [1.165, 1.54) is 7.11 Å². The van der Waals surface area contributed by atoms with E-state index in [1.54, 1.807) is 65.6 Å². The maximum atomic E-state index is 13.3. The summed E-state index contributed by atoms with van der Waals surface area (Å²) in [7, 11) is 1.30. The number of esters is 1. The average Bonchev–Trinajstić information content (AvgIpc) is 2.91. The molecule has 41 heavy (non-hydrogen) atoms. The summed E-state index contributed by atoms with van der Waals surface area (Å²) in [6.07, 6.45) is -0.437. The number of nitrogens with two attached hydrogens (primary N) is 1. The fraction of sp³-hybridized carbons (Fsp3) is 0.312. The van der Waals surface area contributed by atoms with Crippen molar-refractivity contribution in [3.63, 3.8) is 0 Å². The lowest BCUT2D eigenvalue weighted by molar-refractivity contribution is 0.0211. The quantitative estimate of drug-likeness (QED) is 0.166. The minimum absolute atomic E-state index is 0.0644. The zero-order valence-electron chi connectivity index (χ0n) is 24.4. The Labute approximate surface area is 241 Å². The molecular weight excluding hydrogens is 520 g/mol. The number of nitrogens with zero attached hydrogens (tertiary/aromatic N) is 1. The van der Waals surface area contributed by atoms with Gasteiger partial charge in [-0.3, -0.25) is 10.2 Å². The van der Waals surface area contributed by atoms with Crippen molar-refractivity contribution in [2.45, 2.75) is 46.8 Å². The molecule has 0 heterocycles. The third kappa shape index (κ3) is 8.41. The highest BCUT2D eigenvalue weighted by Crippen LogP contribution is 2.30. The smallest absolute Gasteiger partial charge is 0.410 e. The van der Waals surface area contributed by atoms with E-state index in [0.29, 0.717) is 40.0 Å². The van der Waals surface area contributed by atoms with Crippen molar-refractivity contribution < 1.29 is 23.9 Å². The van der Waals surface area contributed by atoms with Crippen molar-refractivity contribution in [3.8, 4) is 11.1 Å². The van der Waals surface area contributed by atoms with Crippen molar-refractivity contribution >= 4 is 29.5 Å². The topological polar surface area (TPSA) is 135 Å². The van der Waals surface area contributed by atoms with Gasteiger partial charge >= 0.3 is 12.1 Å². The fourth-order valence-electron chi connectivity index (χ4n) is 4.24. The van der Waals surface area contributed by atoms with Gasteiger partial charge in [0.25, 0.3) is 5.91 Å². The third-order valence-corrected chi connectivity index (χ3v) is 6.02. The maximum Gasteiger partial charge on any atom is 0.410 e. The molecule has 0 fully saturated rings. The summed E-state index contributed by atoms with van der Waals surface area (Å²) in [5.41, 5.74) is 8.36. The molecule has 0 unspecified atom stereocenters. The van der Waals surface area contributed by atoms with Crippen LogP contribution in [0.5, 0.6) is 0 Å². The van der Waals surface area contributed by atoms with Gasteiger partial charge in [0.2, 0.25) is 0 Å². The van der Waals surface area contributed by atoms with Crippen LogP contribution in [-0.4, -0.2) is 48.0 Å². The van der Waals surface area contributed by atoms with Crippen LogP contribution in [0.4, 0.5) is 10.5 Å². The number of hydrogen-bond donors (Lipinski definition) is 3. The van der Waals surface area contributed by atoms with Crippen LogP contribution in [-0.2, 0) is 16.0 Å². The van der Waals surface area contributed by atoms with E-state index in [2.05, 4.69) is 5.32 Å². The van der Waals surface area contributed by atoms with Crippen LogP contribution in [0.15, 0.2) is 66.7 Å².